The Balaban J connectivity index is 1.62. The predicted molar refractivity (Wildman–Crippen MR) is 106 cm³/mol. The monoisotopic (exact) mass is 386 g/mol. The lowest BCUT2D eigenvalue weighted by Gasteiger charge is -2.26. The Hall–Kier alpha value is -2.61. The van der Waals surface area contributed by atoms with Gasteiger partial charge < -0.3 is 14.6 Å². The van der Waals surface area contributed by atoms with E-state index in [1.807, 2.05) is 16.7 Å². The Morgan fingerprint density at radius 3 is 2.67 bits per heavy atom. The average molecular weight is 386 g/mol. The molecular formula is C19H22N4O3S. The normalized spacial score (nSPS) is 14.0. The van der Waals surface area contributed by atoms with Crippen molar-refractivity contribution >= 4 is 17.7 Å². The molecule has 7 nitrogen and oxygen atoms in total. The Bertz CT molecular complexity index is 845. The van der Waals surface area contributed by atoms with Gasteiger partial charge in [-0.15, -0.1) is 10.2 Å². The van der Waals surface area contributed by atoms with Crippen LogP contribution >= 0.6 is 11.8 Å². The fourth-order valence-corrected chi connectivity index (χ4v) is 3.62. The van der Waals surface area contributed by atoms with E-state index in [0.717, 1.165) is 30.2 Å². The summed E-state index contributed by atoms with van der Waals surface area (Å²) in [6.45, 7) is 5.58. The smallest absolute Gasteiger partial charge is 0.273 e. The quantitative estimate of drug-likeness (QED) is 0.732. The third kappa shape index (κ3) is 5.19. The summed E-state index contributed by atoms with van der Waals surface area (Å²) in [5.74, 6) is 3.10. The van der Waals surface area contributed by atoms with E-state index in [0.29, 0.717) is 24.6 Å². The van der Waals surface area contributed by atoms with Crippen LogP contribution in [0.1, 0.15) is 12.1 Å². The third-order valence-corrected chi connectivity index (χ3v) is 5.14. The summed E-state index contributed by atoms with van der Waals surface area (Å²) in [6, 6.07) is 7.19. The number of H-pyrrole nitrogens is 1. The molecule has 0 spiro atoms. The number of nitrogens with one attached hydrogen (secondary N) is 1. The Kier molecular flexibility index (Phi) is 6.64. The lowest BCUT2D eigenvalue weighted by molar-refractivity contribution is -0.130. The number of ether oxygens (including phenoxy) is 1. The molecule has 2 heterocycles. The SMILES string of the molecule is C=CCOc1ccc(-c2nnc(CCC(=O)N3CCSCC3)c(=O)[nH]2)cc1. The van der Waals surface area contributed by atoms with Crippen molar-refractivity contribution in [3.63, 3.8) is 0 Å². The van der Waals surface area contributed by atoms with Gasteiger partial charge in [-0.05, 0) is 24.3 Å². The number of aromatic amines is 1. The molecule has 0 bridgehead atoms. The molecule has 1 aromatic carbocycles. The highest BCUT2D eigenvalue weighted by atomic mass is 32.2. The largest absolute Gasteiger partial charge is 0.490 e. The molecule has 0 aliphatic carbocycles. The molecule has 1 amide bonds. The summed E-state index contributed by atoms with van der Waals surface area (Å²) in [5.41, 5.74) is 0.706. The van der Waals surface area contributed by atoms with E-state index in [1.165, 1.54) is 0 Å². The van der Waals surface area contributed by atoms with Crippen molar-refractivity contribution in [2.45, 2.75) is 12.8 Å². The maximum Gasteiger partial charge on any atom is 0.273 e. The zero-order chi connectivity index (χ0) is 19.1. The molecule has 1 N–H and O–H groups in total. The molecule has 8 heteroatoms. The van der Waals surface area contributed by atoms with Crippen LogP contribution in [0.4, 0.5) is 0 Å². The second kappa shape index (κ2) is 9.36. The second-order valence-corrected chi connectivity index (χ2v) is 7.29. The molecule has 0 unspecified atom stereocenters. The van der Waals surface area contributed by atoms with Crippen LogP contribution in [0, 0.1) is 0 Å². The lowest BCUT2D eigenvalue weighted by Crippen LogP contribution is -2.38. The van der Waals surface area contributed by atoms with Crippen molar-refractivity contribution in [2.24, 2.45) is 0 Å². The van der Waals surface area contributed by atoms with Crippen molar-refractivity contribution in [1.29, 1.82) is 0 Å². The number of rotatable bonds is 7. The first-order valence-corrected chi connectivity index (χ1v) is 9.98. The van der Waals surface area contributed by atoms with Gasteiger partial charge in [0.2, 0.25) is 5.91 Å². The second-order valence-electron chi connectivity index (χ2n) is 6.07. The highest BCUT2D eigenvalue weighted by Crippen LogP contribution is 2.18. The number of carbonyl (C=O) groups excluding carboxylic acids is 1. The van der Waals surface area contributed by atoms with Gasteiger partial charge in [0.1, 0.15) is 18.1 Å². The first kappa shape index (κ1) is 19.2. The molecule has 2 aromatic rings. The van der Waals surface area contributed by atoms with E-state index in [4.69, 9.17) is 4.74 Å². The number of hydrogen-bond donors (Lipinski definition) is 1. The average Bonchev–Trinajstić information content (AvgIpc) is 2.72. The van der Waals surface area contributed by atoms with Crippen molar-refractivity contribution in [2.75, 3.05) is 31.2 Å². The van der Waals surface area contributed by atoms with Crippen LogP contribution in [0.25, 0.3) is 11.4 Å². The Labute approximate surface area is 161 Å². The van der Waals surface area contributed by atoms with Crippen molar-refractivity contribution in [3.05, 3.63) is 53.0 Å². The number of aryl methyl sites for hydroxylation is 1. The summed E-state index contributed by atoms with van der Waals surface area (Å²) in [5, 5.41) is 8.13. The fraction of sp³-hybridized carbons (Fsp3) is 0.368. The zero-order valence-corrected chi connectivity index (χ0v) is 15.8. The Morgan fingerprint density at radius 2 is 2.00 bits per heavy atom. The molecular weight excluding hydrogens is 364 g/mol. The zero-order valence-electron chi connectivity index (χ0n) is 15.0. The molecule has 1 fully saturated rings. The fourth-order valence-electron chi connectivity index (χ4n) is 2.71. The van der Waals surface area contributed by atoms with Gasteiger partial charge in [0.15, 0.2) is 5.82 Å². The molecule has 1 saturated heterocycles. The molecule has 0 radical (unpaired) electrons. The number of amides is 1. The van der Waals surface area contributed by atoms with E-state index in [1.54, 1.807) is 30.3 Å². The van der Waals surface area contributed by atoms with Gasteiger partial charge in [-0.25, -0.2) is 0 Å². The van der Waals surface area contributed by atoms with Gasteiger partial charge in [-0.1, -0.05) is 12.7 Å². The van der Waals surface area contributed by atoms with Crippen molar-refractivity contribution < 1.29 is 9.53 Å². The number of nitrogens with zero attached hydrogens (tertiary/aromatic N) is 3. The van der Waals surface area contributed by atoms with E-state index >= 15 is 0 Å². The van der Waals surface area contributed by atoms with Crippen LogP contribution in [0.2, 0.25) is 0 Å². The van der Waals surface area contributed by atoms with Crippen LogP contribution in [-0.2, 0) is 11.2 Å². The molecule has 1 aliphatic rings. The van der Waals surface area contributed by atoms with Crippen LogP contribution in [0.3, 0.4) is 0 Å². The molecule has 27 heavy (non-hydrogen) atoms. The maximum atomic E-state index is 12.3. The van der Waals surface area contributed by atoms with Gasteiger partial charge >= 0.3 is 0 Å². The van der Waals surface area contributed by atoms with Crippen LogP contribution in [0.15, 0.2) is 41.7 Å². The van der Waals surface area contributed by atoms with Crippen molar-refractivity contribution in [3.8, 4) is 17.1 Å². The third-order valence-electron chi connectivity index (χ3n) is 4.20. The number of carbonyl (C=O) groups is 1. The van der Waals surface area contributed by atoms with Gasteiger partial charge in [0.25, 0.3) is 5.56 Å². The van der Waals surface area contributed by atoms with Crippen LogP contribution in [-0.4, -0.2) is 57.2 Å². The summed E-state index contributed by atoms with van der Waals surface area (Å²) in [6.07, 6.45) is 2.24. The summed E-state index contributed by atoms with van der Waals surface area (Å²) < 4.78 is 5.43. The number of benzene rings is 1. The summed E-state index contributed by atoms with van der Waals surface area (Å²) >= 11 is 1.85. The molecule has 0 saturated carbocycles. The van der Waals surface area contributed by atoms with E-state index in [2.05, 4.69) is 21.8 Å². The predicted octanol–water partition coefficient (Wildman–Crippen LogP) is 1.90. The summed E-state index contributed by atoms with van der Waals surface area (Å²) in [4.78, 5) is 29.1. The van der Waals surface area contributed by atoms with E-state index in [9.17, 15) is 9.59 Å². The van der Waals surface area contributed by atoms with Gasteiger partial charge in [0.05, 0.1) is 0 Å². The van der Waals surface area contributed by atoms with Crippen LogP contribution < -0.4 is 10.3 Å². The molecule has 142 valence electrons. The minimum atomic E-state index is -0.311. The number of aromatic nitrogens is 3. The summed E-state index contributed by atoms with van der Waals surface area (Å²) in [7, 11) is 0. The number of hydrogen-bond acceptors (Lipinski definition) is 6. The Morgan fingerprint density at radius 1 is 1.26 bits per heavy atom. The minimum absolute atomic E-state index is 0.0655. The molecule has 3 rings (SSSR count). The highest BCUT2D eigenvalue weighted by molar-refractivity contribution is 7.99. The van der Waals surface area contributed by atoms with E-state index in [-0.39, 0.29) is 23.6 Å². The topological polar surface area (TPSA) is 88.2 Å². The molecule has 1 aliphatic heterocycles. The lowest BCUT2D eigenvalue weighted by atomic mass is 10.2. The van der Waals surface area contributed by atoms with Gasteiger partial charge in [-0.3, -0.25) is 9.59 Å². The minimum Gasteiger partial charge on any atom is -0.490 e. The molecule has 1 aromatic heterocycles. The standard InChI is InChI=1S/C19H22N4O3S/c1-2-11-26-15-5-3-14(4-6-15)18-20-19(25)16(21-22-18)7-8-17(24)23-9-12-27-13-10-23/h2-6H,1,7-13H2,(H,20,22,25). The van der Waals surface area contributed by atoms with Crippen LogP contribution in [0.5, 0.6) is 5.75 Å². The highest BCUT2D eigenvalue weighted by Gasteiger charge is 2.17. The first-order valence-electron chi connectivity index (χ1n) is 8.83. The number of thioether (sulfide) groups is 1. The van der Waals surface area contributed by atoms with Gasteiger partial charge in [0, 0.05) is 43.0 Å². The maximum absolute atomic E-state index is 12.3. The van der Waals surface area contributed by atoms with Crippen molar-refractivity contribution in [1.82, 2.24) is 20.1 Å². The van der Waals surface area contributed by atoms with Gasteiger partial charge in [-0.2, -0.15) is 11.8 Å². The van der Waals surface area contributed by atoms with E-state index < -0.39 is 0 Å². The first-order chi connectivity index (χ1) is 13.2. The molecule has 0 atom stereocenters.